The fourth-order valence-electron chi connectivity index (χ4n) is 3.94. The molecule has 3 aliphatic rings. The zero-order valence-corrected chi connectivity index (χ0v) is 12.4. The van der Waals surface area contributed by atoms with Crippen molar-refractivity contribution in [3.63, 3.8) is 0 Å². The van der Waals surface area contributed by atoms with Gasteiger partial charge in [-0.1, -0.05) is 24.3 Å². The molecule has 0 radical (unpaired) electrons. The molecular weight excluding hydrogens is 244 g/mol. The molecule has 1 heterocycles. The molecule has 2 fully saturated rings. The summed E-state index contributed by atoms with van der Waals surface area (Å²) in [6.07, 6.45) is 6.95. The van der Waals surface area contributed by atoms with E-state index in [4.69, 9.17) is 0 Å². The summed E-state index contributed by atoms with van der Waals surface area (Å²) >= 11 is 0. The van der Waals surface area contributed by atoms with Gasteiger partial charge in [0.2, 0.25) is 0 Å². The molecule has 1 saturated heterocycles. The van der Waals surface area contributed by atoms with Crippen LogP contribution < -0.4 is 5.32 Å². The molecule has 0 aromatic heterocycles. The molecule has 1 aromatic rings. The largest absolute Gasteiger partial charge is 0.314 e. The van der Waals surface area contributed by atoms with Crippen LogP contribution in [0.5, 0.6) is 0 Å². The number of piperidine rings is 1. The molecule has 20 heavy (non-hydrogen) atoms. The maximum Gasteiger partial charge on any atom is 0.00683 e. The van der Waals surface area contributed by atoms with Gasteiger partial charge < -0.3 is 10.2 Å². The van der Waals surface area contributed by atoms with E-state index in [0.29, 0.717) is 0 Å². The monoisotopic (exact) mass is 270 g/mol. The summed E-state index contributed by atoms with van der Waals surface area (Å²) in [7, 11) is 0. The van der Waals surface area contributed by atoms with Crippen LogP contribution in [0.25, 0.3) is 0 Å². The first kappa shape index (κ1) is 12.8. The van der Waals surface area contributed by atoms with Gasteiger partial charge in [-0.05, 0) is 62.2 Å². The highest BCUT2D eigenvalue weighted by Crippen LogP contribution is 2.36. The maximum absolute atomic E-state index is 3.72. The van der Waals surface area contributed by atoms with E-state index in [-0.39, 0.29) is 0 Å². The minimum absolute atomic E-state index is 0.807. The van der Waals surface area contributed by atoms with Crippen molar-refractivity contribution in [1.82, 2.24) is 10.2 Å². The highest BCUT2D eigenvalue weighted by atomic mass is 15.1. The average molecular weight is 270 g/mol. The Morgan fingerprint density at radius 1 is 1.15 bits per heavy atom. The van der Waals surface area contributed by atoms with E-state index in [1.165, 1.54) is 58.3 Å². The van der Waals surface area contributed by atoms with E-state index in [1.807, 2.05) is 0 Å². The van der Waals surface area contributed by atoms with Crippen LogP contribution in [0.3, 0.4) is 0 Å². The normalized spacial score (nSPS) is 29.8. The van der Waals surface area contributed by atoms with Crippen LogP contribution in [-0.2, 0) is 6.42 Å². The number of hydrogen-bond donors (Lipinski definition) is 1. The summed E-state index contributed by atoms with van der Waals surface area (Å²) in [4.78, 5) is 2.73. The van der Waals surface area contributed by atoms with Gasteiger partial charge in [-0.3, -0.25) is 0 Å². The summed E-state index contributed by atoms with van der Waals surface area (Å²) in [5.74, 6) is 1.70. The Kier molecular flexibility index (Phi) is 3.53. The van der Waals surface area contributed by atoms with Crippen molar-refractivity contribution < 1.29 is 0 Å². The second kappa shape index (κ2) is 5.50. The summed E-state index contributed by atoms with van der Waals surface area (Å²) in [6.45, 7) is 5.18. The third-order valence-electron chi connectivity index (χ3n) is 5.32. The highest BCUT2D eigenvalue weighted by Gasteiger charge is 2.30. The number of likely N-dealkylation sites (tertiary alicyclic amines) is 1. The first-order valence-electron chi connectivity index (χ1n) is 8.42. The third-order valence-corrected chi connectivity index (χ3v) is 5.32. The predicted octanol–water partition coefficient (Wildman–Crippen LogP) is 2.79. The van der Waals surface area contributed by atoms with Crippen LogP contribution in [0.4, 0.5) is 0 Å². The van der Waals surface area contributed by atoms with Crippen LogP contribution in [-0.4, -0.2) is 37.1 Å². The van der Waals surface area contributed by atoms with Crippen molar-refractivity contribution in [2.45, 2.75) is 44.1 Å². The van der Waals surface area contributed by atoms with Gasteiger partial charge in [-0.15, -0.1) is 0 Å². The summed E-state index contributed by atoms with van der Waals surface area (Å²) in [6, 6.07) is 9.87. The van der Waals surface area contributed by atoms with Gasteiger partial charge in [0.1, 0.15) is 0 Å². The SMILES string of the molecule is c1ccc2c(c1)CC2CN1CCCC(CNC2CC2)C1. The van der Waals surface area contributed by atoms with Gasteiger partial charge in [0.25, 0.3) is 0 Å². The molecule has 2 unspecified atom stereocenters. The molecule has 1 N–H and O–H groups in total. The molecule has 1 saturated carbocycles. The standard InChI is InChI=1S/C18H26N2/c1-2-6-18-15(5-1)10-16(18)13-20-9-3-4-14(12-20)11-19-17-7-8-17/h1-2,5-6,14,16-17,19H,3-4,7-13H2. The number of benzene rings is 1. The Bertz CT molecular complexity index is 466. The molecule has 1 aliphatic heterocycles. The Morgan fingerprint density at radius 3 is 2.90 bits per heavy atom. The molecule has 2 aliphatic carbocycles. The van der Waals surface area contributed by atoms with Crippen LogP contribution in [0.15, 0.2) is 24.3 Å². The first-order chi connectivity index (χ1) is 9.88. The van der Waals surface area contributed by atoms with E-state index < -0.39 is 0 Å². The van der Waals surface area contributed by atoms with Crippen molar-refractivity contribution in [3.8, 4) is 0 Å². The minimum atomic E-state index is 0.807. The average Bonchev–Trinajstić information content (AvgIpc) is 3.27. The zero-order chi connectivity index (χ0) is 13.4. The molecule has 2 nitrogen and oxygen atoms in total. The van der Waals surface area contributed by atoms with Gasteiger partial charge >= 0.3 is 0 Å². The Morgan fingerprint density at radius 2 is 2.05 bits per heavy atom. The van der Waals surface area contributed by atoms with Gasteiger partial charge in [0, 0.05) is 25.0 Å². The second-order valence-corrected chi connectivity index (χ2v) is 7.05. The lowest BCUT2D eigenvalue weighted by Gasteiger charge is -2.39. The number of hydrogen-bond acceptors (Lipinski definition) is 2. The molecule has 2 atom stereocenters. The Labute approximate surface area is 122 Å². The molecule has 0 spiro atoms. The first-order valence-corrected chi connectivity index (χ1v) is 8.42. The van der Waals surface area contributed by atoms with Crippen LogP contribution in [0, 0.1) is 5.92 Å². The van der Waals surface area contributed by atoms with E-state index >= 15 is 0 Å². The smallest absolute Gasteiger partial charge is 0.00683 e. The predicted molar refractivity (Wildman–Crippen MR) is 83.1 cm³/mol. The lowest BCUT2D eigenvalue weighted by atomic mass is 9.77. The molecular formula is C18H26N2. The number of nitrogens with one attached hydrogen (secondary N) is 1. The van der Waals surface area contributed by atoms with Gasteiger partial charge in [0.15, 0.2) is 0 Å². The van der Waals surface area contributed by atoms with Crippen molar-refractivity contribution in [1.29, 1.82) is 0 Å². The van der Waals surface area contributed by atoms with E-state index in [1.54, 1.807) is 11.1 Å². The Hall–Kier alpha value is -0.860. The summed E-state index contributed by atoms with van der Waals surface area (Å²) in [5.41, 5.74) is 3.20. The number of rotatable bonds is 5. The van der Waals surface area contributed by atoms with E-state index in [0.717, 1.165) is 17.9 Å². The van der Waals surface area contributed by atoms with Gasteiger partial charge in [0.05, 0.1) is 0 Å². The van der Waals surface area contributed by atoms with Crippen LogP contribution in [0.1, 0.15) is 42.7 Å². The molecule has 2 heteroatoms. The zero-order valence-electron chi connectivity index (χ0n) is 12.4. The van der Waals surface area contributed by atoms with Gasteiger partial charge in [-0.2, -0.15) is 0 Å². The summed E-state index contributed by atoms with van der Waals surface area (Å²) in [5, 5.41) is 3.72. The third kappa shape index (κ3) is 2.77. The lowest BCUT2D eigenvalue weighted by molar-refractivity contribution is 0.159. The van der Waals surface area contributed by atoms with Crippen LogP contribution >= 0.6 is 0 Å². The number of fused-ring (bicyclic) bond motifs is 1. The molecule has 4 rings (SSSR count). The molecule has 108 valence electrons. The van der Waals surface area contributed by atoms with Gasteiger partial charge in [-0.25, -0.2) is 0 Å². The molecule has 0 amide bonds. The van der Waals surface area contributed by atoms with Crippen molar-refractivity contribution >= 4 is 0 Å². The molecule has 1 aromatic carbocycles. The van der Waals surface area contributed by atoms with E-state index in [2.05, 4.69) is 34.5 Å². The highest BCUT2D eigenvalue weighted by molar-refractivity contribution is 5.40. The molecule has 0 bridgehead atoms. The van der Waals surface area contributed by atoms with Crippen molar-refractivity contribution in [3.05, 3.63) is 35.4 Å². The van der Waals surface area contributed by atoms with Crippen LogP contribution in [0.2, 0.25) is 0 Å². The fraction of sp³-hybridized carbons (Fsp3) is 0.667. The lowest BCUT2D eigenvalue weighted by Crippen LogP contribution is -2.43. The summed E-state index contributed by atoms with van der Waals surface area (Å²) < 4.78 is 0. The Balaban J connectivity index is 1.28. The second-order valence-electron chi connectivity index (χ2n) is 7.05. The number of nitrogens with zero attached hydrogens (tertiary/aromatic N) is 1. The topological polar surface area (TPSA) is 15.3 Å². The maximum atomic E-state index is 3.72. The fourth-order valence-corrected chi connectivity index (χ4v) is 3.94. The van der Waals surface area contributed by atoms with Crippen molar-refractivity contribution in [2.24, 2.45) is 5.92 Å². The quantitative estimate of drug-likeness (QED) is 0.885. The minimum Gasteiger partial charge on any atom is -0.314 e. The van der Waals surface area contributed by atoms with E-state index in [9.17, 15) is 0 Å². The van der Waals surface area contributed by atoms with Crippen molar-refractivity contribution in [2.75, 3.05) is 26.2 Å².